The van der Waals surface area contributed by atoms with E-state index in [1.165, 1.54) is 4.57 Å². The highest BCUT2D eigenvalue weighted by Crippen LogP contribution is 2.39. The number of ether oxygens (including phenoxy) is 1. The minimum Gasteiger partial charge on any atom is -0.507 e. The number of hydrogen-bond acceptors (Lipinski definition) is 7. The number of aromatic nitrogens is 3. The maximum atomic E-state index is 12.8. The SMILES string of the molecule is CCN1CCC[C@@H](Nc2nnc(-c3ccc4c(c3O)CCO4)n(C)c2=O)C1. The van der Waals surface area contributed by atoms with Crippen LogP contribution in [0.5, 0.6) is 11.5 Å². The average molecular weight is 371 g/mol. The molecule has 2 aromatic rings. The number of phenolic OH excluding ortho intramolecular Hbond substituents is 1. The maximum absolute atomic E-state index is 12.8. The van der Waals surface area contributed by atoms with Crippen molar-refractivity contribution >= 4 is 5.82 Å². The first-order chi connectivity index (χ1) is 13.1. The van der Waals surface area contributed by atoms with Gasteiger partial charge in [0, 0.05) is 31.6 Å². The number of nitrogens with one attached hydrogen (secondary N) is 1. The summed E-state index contributed by atoms with van der Waals surface area (Å²) in [6, 6.07) is 3.71. The summed E-state index contributed by atoms with van der Waals surface area (Å²) in [5.41, 5.74) is 1.00. The van der Waals surface area contributed by atoms with Crippen LogP contribution >= 0.6 is 0 Å². The maximum Gasteiger partial charge on any atom is 0.296 e. The summed E-state index contributed by atoms with van der Waals surface area (Å²) in [6.45, 7) is 5.69. The number of hydrogen-bond donors (Lipinski definition) is 2. The largest absolute Gasteiger partial charge is 0.507 e. The van der Waals surface area contributed by atoms with Crippen molar-refractivity contribution in [1.29, 1.82) is 0 Å². The Hall–Kier alpha value is -2.61. The molecule has 1 fully saturated rings. The van der Waals surface area contributed by atoms with E-state index >= 15 is 0 Å². The number of nitrogens with zero attached hydrogens (tertiary/aromatic N) is 4. The van der Waals surface area contributed by atoms with Gasteiger partial charge in [0.2, 0.25) is 5.82 Å². The normalized spacial score (nSPS) is 19.6. The highest BCUT2D eigenvalue weighted by Gasteiger charge is 2.24. The minimum absolute atomic E-state index is 0.112. The molecule has 4 rings (SSSR count). The number of piperidine rings is 1. The van der Waals surface area contributed by atoms with Crippen molar-refractivity contribution in [3.05, 3.63) is 28.0 Å². The van der Waals surface area contributed by atoms with E-state index in [4.69, 9.17) is 4.74 Å². The summed E-state index contributed by atoms with van der Waals surface area (Å²) in [7, 11) is 1.65. The molecule has 0 amide bonds. The number of benzene rings is 1. The lowest BCUT2D eigenvalue weighted by Crippen LogP contribution is -2.43. The van der Waals surface area contributed by atoms with Gasteiger partial charge in [-0.25, -0.2) is 0 Å². The number of likely N-dealkylation sites (tertiary alicyclic amines) is 1. The lowest BCUT2D eigenvalue weighted by molar-refractivity contribution is 0.226. The molecule has 0 radical (unpaired) electrons. The first-order valence-electron chi connectivity index (χ1n) is 9.49. The third-order valence-corrected chi connectivity index (χ3v) is 5.45. The average Bonchev–Trinajstić information content (AvgIpc) is 3.16. The highest BCUT2D eigenvalue weighted by atomic mass is 16.5. The monoisotopic (exact) mass is 371 g/mol. The van der Waals surface area contributed by atoms with Crippen molar-refractivity contribution in [2.45, 2.75) is 32.2 Å². The molecule has 1 saturated heterocycles. The molecule has 0 spiro atoms. The smallest absolute Gasteiger partial charge is 0.296 e. The van der Waals surface area contributed by atoms with E-state index in [1.54, 1.807) is 19.2 Å². The molecule has 1 aromatic heterocycles. The molecule has 0 saturated carbocycles. The Morgan fingerprint density at radius 2 is 2.22 bits per heavy atom. The Morgan fingerprint density at radius 3 is 3.04 bits per heavy atom. The summed E-state index contributed by atoms with van der Waals surface area (Å²) in [5.74, 6) is 1.40. The van der Waals surface area contributed by atoms with Crippen molar-refractivity contribution in [2.24, 2.45) is 7.05 Å². The van der Waals surface area contributed by atoms with Crippen LogP contribution in [0.3, 0.4) is 0 Å². The summed E-state index contributed by atoms with van der Waals surface area (Å²) < 4.78 is 6.90. The lowest BCUT2D eigenvalue weighted by atomic mass is 10.1. The van der Waals surface area contributed by atoms with Gasteiger partial charge in [0.1, 0.15) is 11.5 Å². The number of likely N-dealkylation sites (N-methyl/N-ethyl adjacent to an activating group) is 1. The Morgan fingerprint density at radius 1 is 1.37 bits per heavy atom. The molecule has 0 aliphatic carbocycles. The van der Waals surface area contributed by atoms with Gasteiger partial charge in [0.05, 0.1) is 12.2 Å². The summed E-state index contributed by atoms with van der Waals surface area (Å²) >= 11 is 0. The van der Waals surface area contributed by atoms with E-state index in [1.807, 2.05) is 0 Å². The zero-order chi connectivity index (χ0) is 19.0. The topological polar surface area (TPSA) is 92.5 Å². The Bertz CT molecular complexity index is 911. The van der Waals surface area contributed by atoms with E-state index in [0.29, 0.717) is 30.2 Å². The number of fused-ring (bicyclic) bond motifs is 1. The lowest BCUT2D eigenvalue weighted by Gasteiger charge is -2.32. The first kappa shape index (κ1) is 17.8. The fourth-order valence-corrected chi connectivity index (χ4v) is 3.88. The Labute approximate surface area is 157 Å². The molecule has 1 aromatic carbocycles. The van der Waals surface area contributed by atoms with Crippen LogP contribution < -0.4 is 15.6 Å². The van der Waals surface area contributed by atoms with Crippen molar-refractivity contribution in [2.75, 3.05) is 31.6 Å². The van der Waals surface area contributed by atoms with Crippen LogP contribution in [0.25, 0.3) is 11.4 Å². The van der Waals surface area contributed by atoms with E-state index in [9.17, 15) is 9.90 Å². The summed E-state index contributed by atoms with van der Waals surface area (Å²) in [5, 5.41) is 22.2. The standard InChI is InChI=1S/C19H25N5O3/c1-3-24-9-4-5-12(11-24)20-17-19(26)23(2)18(22-21-17)14-6-7-15-13(16(14)25)8-10-27-15/h6-7,12,25H,3-5,8-11H2,1-2H3,(H,20,21)/t12-/m1/s1. The number of aromatic hydroxyl groups is 1. The van der Waals surface area contributed by atoms with Gasteiger partial charge < -0.3 is 20.1 Å². The van der Waals surface area contributed by atoms with Gasteiger partial charge in [-0.2, -0.15) is 0 Å². The van der Waals surface area contributed by atoms with Crippen molar-refractivity contribution < 1.29 is 9.84 Å². The molecule has 8 nitrogen and oxygen atoms in total. The molecule has 2 aliphatic heterocycles. The molecule has 1 atom stereocenters. The zero-order valence-electron chi connectivity index (χ0n) is 15.7. The van der Waals surface area contributed by atoms with E-state index < -0.39 is 0 Å². The number of anilines is 1. The Kier molecular flexibility index (Phi) is 4.73. The minimum atomic E-state index is -0.246. The second kappa shape index (κ2) is 7.19. The van der Waals surface area contributed by atoms with Crippen LogP contribution in [0.15, 0.2) is 16.9 Å². The van der Waals surface area contributed by atoms with Crippen molar-refractivity contribution in [3.63, 3.8) is 0 Å². The first-order valence-corrected chi connectivity index (χ1v) is 9.49. The quantitative estimate of drug-likeness (QED) is 0.839. The second-order valence-corrected chi connectivity index (χ2v) is 7.15. The van der Waals surface area contributed by atoms with Crippen molar-refractivity contribution in [3.8, 4) is 22.9 Å². The van der Waals surface area contributed by atoms with Crippen molar-refractivity contribution in [1.82, 2.24) is 19.7 Å². The van der Waals surface area contributed by atoms with Crippen LogP contribution in [0, 0.1) is 0 Å². The van der Waals surface area contributed by atoms with Gasteiger partial charge >= 0.3 is 0 Å². The fraction of sp³-hybridized carbons (Fsp3) is 0.526. The molecule has 0 unspecified atom stereocenters. The number of phenols is 1. The predicted octanol–water partition coefficient (Wildman–Crippen LogP) is 1.38. The van der Waals surface area contributed by atoms with Crippen LogP contribution in [-0.2, 0) is 13.5 Å². The molecule has 2 N–H and O–H groups in total. The third-order valence-electron chi connectivity index (χ3n) is 5.45. The molecular weight excluding hydrogens is 346 g/mol. The van der Waals surface area contributed by atoms with Crippen LogP contribution in [0.2, 0.25) is 0 Å². The molecule has 8 heteroatoms. The molecule has 144 valence electrons. The Balaban J connectivity index is 1.62. The summed E-state index contributed by atoms with van der Waals surface area (Å²) in [4.78, 5) is 15.2. The summed E-state index contributed by atoms with van der Waals surface area (Å²) in [6.07, 6.45) is 2.75. The highest BCUT2D eigenvalue weighted by molar-refractivity contribution is 5.69. The van der Waals surface area contributed by atoms with Gasteiger partial charge in [-0.05, 0) is 38.1 Å². The van der Waals surface area contributed by atoms with Gasteiger partial charge in [-0.15, -0.1) is 10.2 Å². The molecule has 27 heavy (non-hydrogen) atoms. The fourth-order valence-electron chi connectivity index (χ4n) is 3.88. The second-order valence-electron chi connectivity index (χ2n) is 7.15. The molecular formula is C19H25N5O3. The zero-order valence-corrected chi connectivity index (χ0v) is 15.7. The van der Waals surface area contributed by atoms with E-state index in [0.717, 1.165) is 38.0 Å². The van der Waals surface area contributed by atoms with Crippen LogP contribution in [-0.4, -0.2) is 57.1 Å². The van der Waals surface area contributed by atoms with E-state index in [-0.39, 0.29) is 23.2 Å². The molecule has 2 aliphatic rings. The molecule has 0 bridgehead atoms. The van der Waals surface area contributed by atoms with Crippen LogP contribution in [0.1, 0.15) is 25.3 Å². The number of rotatable bonds is 4. The van der Waals surface area contributed by atoms with E-state index in [2.05, 4.69) is 27.3 Å². The predicted molar refractivity (Wildman–Crippen MR) is 102 cm³/mol. The van der Waals surface area contributed by atoms with Gasteiger partial charge in [-0.3, -0.25) is 9.36 Å². The molecule has 3 heterocycles. The van der Waals surface area contributed by atoms with Gasteiger partial charge in [0.25, 0.3) is 5.56 Å². The van der Waals surface area contributed by atoms with Gasteiger partial charge in [-0.1, -0.05) is 6.92 Å². The van der Waals surface area contributed by atoms with Gasteiger partial charge in [0.15, 0.2) is 5.82 Å². The van der Waals surface area contributed by atoms with Crippen LogP contribution in [0.4, 0.5) is 5.82 Å². The third kappa shape index (κ3) is 3.25.